The topological polar surface area (TPSA) is 82.8 Å². The minimum atomic E-state index is -2.61. The smallest absolute Gasteiger partial charge is 0.371 e. The van der Waals surface area contributed by atoms with Crippen LogP contribution in [0.15, 0.2) is 16.5 Å². The summed E-state index contributed by atoms with van der Waals surface area (Å²) in [6, 6.07) is 1.94. The number of nitrogens with zero attached hydrogens (tertiary/aromatic N) is 1. The third-order valence-corrected chi connectivity index (χ3v) is 2.04. The van der Waals surface area contributed by atoms with Gasteiger partial charge in [-0.1, -0.05) is 0 Å². The van der Waals surface area contributed by atoms with Crippen LogP contribution in [0.3, 0.4) is 0 Å². The highest BCUT2D eigenvalue weighted by Crippen LogP contribution is 2.07. The molecule has 0 aliphatic carbocycles. The third-order valence-electron chi connectivity index (χ3n) is 2.04. The summed E-state index contributed by atoms with van der Waals surface area (Å²) in [6.45, 7) is -0.746. The van der Waals surface area contributed by atoms with Crippen molar-refractivity contribution in [2.75, 3.05) is 13.6 Å². The van der Waals surface area contributed by atoms with E-state index in [0.717, 1.165) is 4.90 Å². The lowest BCUT2D eigenvalue weighted by atomic mass is 10.4. The summed E-state index contributed by atoms with van der Waals surface area (Å²) in [5.74, 6) is -1.24. The number of aromatic carboxylic acids is 1. The highest BCUT2D eigenvalue weighted by Gasteiger charge is 2.14. The predicted octanol–water partition coefficient (Wildman–Crippen LogP) is 1.38. The Labute approximate surface area is 101 Å². The number of rotatable bonds is 5. The first-order chi connectivity index (χ1) is 8.40. The second-order valence-corrected chi connectivity index (χ2v) is 3.50. The highest BCUT2D eigenvalue weighted by molar-refractivity contribution is 5.84. The lowest BCUT2D eigenvalue weighted by molar-refractivity contribution is 0.0660. The highest BCUT2D eigenvalue weighted by atomic mass is 19.3. The van der Waals surface area contributed by atoms with Gasteiger partial charge in [-0.05, 0) is 12.1 Å². The van der Waals surface area contributed by atoms with Crippen LogP contribution >= 0.6 is 0 Å². The molecule has 2 amide bonds. The van der Waals surface area contributed by atoms with Crippen molar-refractivity contribution in [2.45, 2.75) is 13.0 Å². The maximum absolute atomic E-state index is 12.0. The molecule has 100 valence electrons. The number of carboxylic acids is 1. The van der Waals surface area contributed by atoms with Crippen molar-refractivity contribution in [1.82, 2.24) is 10.2 Å². The normalized spacial score (nSPS) is 10.4. The molecule has 0 atom stereocenters. The van der Waals surface area contributed by atoms with Gasteiger partial charge in [0.25, 0.3) is 6.43 Å². The lowest BCUT2D eigenvalue weighted by Gasteiger charge is -2.16. The second kappa shape index (κ2) is 5.99. The zero-order valence-corrected chi connectivity index (χ0v) is 9.52. The van der Waals surface area contributed by atoms with Crippen LogP contribution in [0, 0.1) is 0 Å². The molecule has 1 rings (SSSR count). The Bertz CT molecular complexity index is 433. The van der Waals surface area contributed by atoms with E-state index in [1.54, 1.807) is 0 Å². The van der Waals surface area contributed by atoms with E-state index in [1.807, 2.05) is 0 Å². The van der Waals surface area contributed by atoms with Crippen LogP contribution in [-0.2, 0) is 6.54 Å². The van der Waals surface area contributed by atoms with Crippen LogP contribution in [-0.4, -0.2) is 42.0 Å². The van der Waals surface area contributed by atoms with Gasteiger partial charge in [-0.25, -0.2) is 18.4 Å². The molecule has 2 N–H and O–H groups in total. The van der Waals surface area contributed by atoms with Gasteiger partial charge in [0, 0.05) is 7.05 Å². The summed E-state index contributed by atoms with van der Waals surface area (Å²) in [5.41, 5.74) is 0. The number of amides is 2. The van der Waals surface area contributed by atoms with Crippen molar-refractivity contribution in [3.05, 3.63) is 23.7 Å². The molecular weight excluding hydrogens is 250 g/mol. The van der Waals surface area contributed by atoms with Gasteiger partial charge in [-0.2, -0.15) is 0 Å². The van der Waals surface area contributed by atoms with Crippen LogP contribution in [0.1, 0.15) is 16.3 Å². The number of furan rings is 1. The molecule has 0 aliphatic heterocycles. The Morgan fingerprint density at radius 3 is 2.67 bits per heavy atom. The Morgan fingerprint density at radius 2 is 2.17 bits per heavy atom. The molecule has 0 radical (unpaired) electrons. The van der Waals surface area contributed by atoms with Crippen molar-refractivity contribution in [3.63, 3.8) is 0 Å². The monoisotopic (exact) mass is 262 g/mol. The molecule has 0 aromatic carbocycles. The summed E-state index contributed by atoms with van der Waals surface area (Å²) in [7, 11) is 1.23. The molecule has 1 aromatic rings. The van der Waals surface area contributed by atoms with Crippen LogP contribution in [0.25, 0.3) is 0 Å². The fraction of sp³-hybridized carbons (Fsp3) is 0.400. The first-order valence-electron chi connectivity index (χ1n) is 4.99. The molecule has 0 saturated carbocycles. The molecular formula is C10H12F2N2O4. The van der Waals surface area contributed by atoms with Crippen molar-refractivity contribution in [1.29, 1.82) is 0 Å². The van der Waals surface area contributed by atoms with Gasteiger partial charge in [0.1, 0.15) is 5.76 Å². The van der Waals surface area contributed by atoms with E-state index in [2.05, 4.69) is 5.32 Å². The van der Waals surface area contributed by atoms with Crippen molar-refractivity contribution < 1.29 is 27.9 Å². The molecule has 0 bridgehead atoms. The number of carboxylic acid groups (broad SMARTS) is 1. The zero-order chi connectivity index (χ0) is 13.7. The number of alkyl halides is 2. The van der Waals surface area contributed by atoms with Gasteiger partial charge in [-0.3, -0.25) is 0 Å². The van der Waals surface area contributed by atoms with Gasteiger partial charge < -0.3 is 19.7 Å². The standard InChI is InChI=1S/C10H12F2N2O4/c1-14(5-8(11)12)10(17)13-4-6-2-3-7(18-6)9(15)16/h2-3,8H,4-5H2,1H3,(H,13,17)(H,15,16). The van der Waals surface area contributed by atoms with Crippen LogP contribution < -0.4 is 5.32 Å². The Morgan fingerprint density at radius 1 is 1.50 bits per heavy atom. The summed E-state index contributed by atoms with van der Waals surface area (Å²) >= 11 is 0. The molecule has 0 saturated heterocycles. The number of nitrogens with one attached hydrogen (secondary N) is 1. The average molecular weight is 262 g/mol. The average Bonchev–Trinajstić information content (AvgIpc) is 2.73. The van der Waals surface area contributed by atoms with Gasteiger partial charge >= 0.3 is 12.0 Å². The molecule has 0 unspecified atom stereocenters. The third kappa shape index (κ3) is 4.04. The number of hydrogen-bond donors (Lipinski definition) is 2. The summed E-state index contributed by atoms with van der Waals surface area (Å²) in [6.07, 6.45) is -2.61. The van der Waals surface area contributed by atoms with Crippen molar-refractivity contribution in [3.8, 4) is 0 Å². The van der Waals surface area contributed by atoms with E-state index in [9.17, 15) is 18.4 Å². The van der Waals surface area contributed by atoms with E-state index in [-0.39, 0.29) is 18.1 Å². The zero-order valence-electron chi connectivity index (χ0n) is 9.52. The van der Waals surface area contributed by atoms with E-state index < -0.39 is 25.0 Å². The van der Waals surface area contributed by atoms with Gasteiger partial charge in [0.05, 0.1) is 13.1 Å². The molecule has 1 aromatic heterocycles. The summed E-state index contributed by atoms with van der Waals surface area (Å²) in [5, 5.41) is 10.9. The van der Waals surface area contributed by atoms with E-state index in [1.165, 1.54) is 19.2 Å². The Balaban J connectivity index is 2.44. The minimum absolute atomic E-state index is 0.0698. The molecule has 1 heterocycles. The fourth-order valence-electron chi connectivity index (χ4n) is 1.18. The first kappa shape index (κ1) is 13.9. The van der Waals surface area contributed by atoms with Gasteiger partial charge in [-0.15, -0.1) is 0 Å². The maximum Gasteiger partial charge on any atom is 0.371 e. The quantitative estimate of drug-likeness (QED) is 0.839. The fourth-order valence-corrected chi connectivity index (χ4v) is 1.18. The van der Waals surface area contributed by atoms with Crippen LogP contribution in [0.5, 0.6) is 0 Å². The molecule has 8 heteroatoms. The van der Waals surface area contributed by atoms with Crippen LogP contribution in [0.2, 0.25) is 0 Å². The first-order valence-corrected chi connectivity index (χ1v) is 4.99. The molecule has 0 fully saturated rings. The SMILES string of the molecule is CN(CC(F)F)C(=O)NCc1ccc(C(=O)O)o1. The van der Waals surface area contributed by atoms with Crippen LogP contribution in [0.4, 0.5) is 13.6 Å². The summed E-state index contributed by atoms with van der Waals surface area (Å²) < 4.78 is 28.9. The number of carbonyl (C=O) groups excluding carboxylic acids is 1. The molecule has 18 heavy (non-hydrogen) atoms. The summed E-state index contributed by atoms with van der Waals surface area (Å²) in [4.78, 5) is 22.7. The van der Waals surface area contributed by atoms with Gasteiger partial charge in [0.15, 0.2) is 0 Å². The lowest BCUT2D eigenvalue weighted by Crippen LogP contribution is -2.39. The van der Waals surface area contributed by atoms with E-state index >= 15 is 0 Å². The van der Waals surface area contributed by atoms with Gasteiger partial charge in [0.2, 0.25) is 5.76 Å². The number of halogens is 2. The Hall–Kier alpha value is -2.12. The number of urea groups is 1. The van der Waals surface area contributed by atoms with Crippen molar-refractivity contribution in [2.24, 2.45) is 0 Å². The minimum Gasteiger partial charge on any atom is -0.475 e. The number of hydrogen-bond acceptors (Lipinski definition) is 3. The molecule has 0 spiro atoms. The number of carbonyl (C=O) groups is 2. The second-order valence-electron chi connectivity index (χ2n) is 3.50. The molecule has 6 nitrogen and oxygen atoms in total. The molecule has 0 aliphatic rings. The van der Waals surface area contributed by atoms with Crippen molar-refractivity contribution >= 4 is 12.0 Å². The van der Waals surface area contributed by atoms with E-state index in [4.69, 9.17) is 9.52 Å². The Kier molecular flexibility index (Phi) is 4.64. The maximum atomic E-state index is 12.0. The van der Waals surface area contributed by atoms with E-state index in [0.29, 0.717) is 0 Å². The largest absolute Gasteiger partial charge is 0.475 e. The predicted molar refractivity (Wildman–Crippen MR) is 56.5 cm³/mol.